The van der Waals surface area contributed by atoms with Crippen LogP contribution in [0.2, 0.25) is 0 Å². The number of carbonyl (C=O) groups excluding carboxylic acids is 2. The van der Waals surface area contributed by atoms with Gasteiger partial charge < -0.3 is 55.3 Å². The summed E-state index contributed by atoms with van der Waals surface area (Å²) in [4.78, 5) is 64.1. The maximum atomic E-state index is 13.3. The average molecular weight is 1100 g/mol. The smallest absolute Gasteiger partial charge is 0.462 e. The number of unbranched alkanes of at least 4 members (excludes halogenated alkanes) is 5. The predicted molar refractivity (Wildman–Crippen MR) is 281 cm³/mol. The largest absolute Gasteiger partial charge is 0.481 e. The van der Waals surface area contributed by atoms with E-state index in [1.54, 1.807) is 0 Å². The first-order valence-corrected chi connectivity index (χ1v) is 28.8. The zero-order chi connectivity index (χ0) is 55.1. The molecular formula is C52H81N3O18P2. The second-order valence-corrected chi connectivity index (χ2v) is 21.3. The van der Waals surface area contributed by atoms with Gasteiger partial charge in [0.05, 0.1) is 44.1 Å². The number of nitrogens with zero attached hydrogens (tertiary/aromatic N) is 2. The van der Waals surface area contributed by atoms with Crippen LogP contribution in [0.5, 0.6) is 0 Å². The summed E-state index contributed by atoms with van der Waals surface area (Å²) in [6.45, 7) is 1.28. The lowest BCUT2D eigenvalue weighted by molar-refractivity contribution is -0.194. The van der Waals surface area contributed by atoms with E-state index in [0.29, 0.717) is 25.7 Å². The van der Waals surface area contributed by atoms with Gasteiger partial charge in [0, 0.05) is 30.9 Å². The zero-order valence-electron chi connectivity index (χ0n) is 43.1. The molecule has 3 heterocycles. The molecule has 422 valence electrons. The highest BCUT2D eigenvalue weighted by atomic mass is 31.3. The number of fused-ring (bicyclic) bond motifs is 3. The minimum atomic E-state index is -5.70. The van der Waals surface area contributed by atoms with Crippen molar-refractivity contribution in [1.82, 2.24) is 9.55 Å². The number of aliphatic hydroxyl groups excluding tert-OH is 5. The number of ether oxygens (including phenoxy) is 3. The van der Waals surface area contributed by atoms with E-state index in [2.05, 4.69) is 77.0 Å². The minimum Gasteiger partial charge on any atom is -0.462 e. The predicted octanol–water partition coefficient (Wildman–Crippen LogP) is 7.04. The fourth-order valence-electron chi connectivity index (χ4n) is 7.95. The molecule has 9 N–H and O–H groups in total. The van der Waals surface area contributed by atoms with Crippen LogP contribution in [-0.2, 0) is 46.3 Å². The van der Waals surface area contributed by atoms with Crippen LogP contribution < -0.4 is 11.4 Å². The molecule has 21 nitrogen and oxygen atoms in total. The Kier molecular flexibility index (Phi) is 31.3. The number of esters is 2. The zero-order valence-corrected chi connectivity index (χ0v) is 44.9. The van der Waals surface area contributed by atoms with Crippen molar-refractivity contribution >= 4 is 33.4 Å². The number of phosphoric ester groups is 2. The van der Waals surface area contributed by atoms with Crippen LogP contribution in [-0.4, -0.2) is 119 Å². The summed E-state index contributed by atoms with van der Waals surface area (Å²) < 4.78 is 58.6. The van der Waals surface area contributed by atoms with Crippen LogP contribution in [0.15, 0.2) is 102 Å². The van der Waals surface area contributed by atoms with Gasteiger partial charge in [0.25, 0.3) is 0 Å². The van der Waals surface area contributed by atoms with Crippen molar-refractivity contribution in [2.75, 3.05) is 25.6 Å². The maximum absolute atomic E-state index is 13.3. The molecule has 1 saturated heterocycles. The number of rotatable bonds is 24. The Hall–Kier alpha value is -4.18. The number of phosphoric acid groups is 2. The molecule has 0 saturated carbocycles. The lowest BCUT2D eigenvalue weighted by Crippen LogP contribution is -2.52. The number of allylic oxidation sites excluding steroid dienone is 11. The van der Waals surface area contributed by atoms with Crippen LogP contribution in [0.25, 0.3) is 0 Å². The number of nitrogen functional groups attached to an aromatic ring is 1. The van der Waals surface area contributed by atoms with Crippen molar-refractivity contribution in [2.24, 2.45) is 11.8 Å². The molecule has 1 aromatic rings. The normalized spacial score (nSPS) is 30.1. The molecule has 0 amide bonds. The highest BCUT2D eigenvalue weighted by Gasteiger charge is 2.45. The third-order valence-electron chi connectivity index (χ3n) is 12.0. The van der Waals surface area contributed by atoms with E-state index in [1.807, 2.05) is 6.92 Å². The van der Waals surface area contributed by atoms with Gasteiger partial charge in [-0.1, -0.05) is 125 Å². The Morgan fingerprint density at radius 1 is 0.840 bits per heavy atom. The molecule has 2 aliphatic heterocycles. The topological polar surface area (TPSA) is 326 Å². The summed E-state index contributed by atoms with van der Waals surface area (Å²) in [7, 11) is -11.3. The molecule has 0 radical (unpaired) electrons. The van der Waals surface area contributed by atoms with Crippen molar-refractivity contribution in [3.8, 4) is 0 Å². The summed E-state index contributed by atoms with van der Waals surface area (Å²) in [5, 5.41) is 57.3. The number of aliphatic hydroxyl groups is 5. The van der Waals surface area contributed by atoms with E-state index >= 15 is 0 Å². The molecule has 1 fully saturated rings. The third-order valence-corrected chi connectivity index (χ3v) is 14.6. The average Bonchev–Trinajstić information content (AvgIpc) is 3.35. The van der Waals surface area contributed by atoms with Gasteiger partial charge in [-0.3, -0.25) is 23.2 Å². The number of nitrogens with two attached hydrogens (primary N) is 1. The van der Waals surface area contributed by atoms with Crippen molar-refractivity contribution in [3.05, 3.63) is 108 Å². The van der Waals surface area contributed by atoms with Crippen molar-refractivity contribution in [1.29, 1.82) is 0 Å². The summed E-state index contributed by atoms with van der Waals surface area (Å²) in [6, 6.07) is 1.22. The maximum Gasteiger partial charge on any atom is 0.481 e. The summed E-state index contributed by atoms with van der Waals surface area (Å²) >= 11 is 0. The van der Waals surface area contributed by atoms with E-state index in [0.717, 1.165) is 68.6 Å². The van der Waals surface area contributed by atoms with Gasteiger partial charge in [0.2, 0.25) is 0 Å². The second kappa shape index (κ2) is 36.0. The first-order chi connectivity index (χ1) is 35.9. The Labute approximate surface area is 440 Å². The van der Waals surface area contributed by atoms with Crippen molar-refractivity contribution in [3.63, 3.8) is 0 Å². The Bertz CT molecular complexity index is 2210. The Morgan fingerprint density at radius 3 is 2.12 bits per heavy atom. The highest BCUT2D eigenvalue weighted by Crippen LogP contribution is 2.60. The van der Waals surface area contributed by atoms with Crippen molar-refractivity contribution in [2.45, 2.75) is 172 Å². The minimum absolute atomic E-state index is 0.0161. The molecule has 23 heteroatoms. The van der Waals surface area contributed by atoms with Crippen LogP contribution >= 0.6 is 15.6 Å². The molecule has 1 aromatic heterocycles. The van der Waals surface area contributed by atoms with Gasteiger partial charge in [-0.2, -0.15) is 9.29 Å². The number of hydrogen-bond donors (Lipinski definition) is 8. The summed E-state index contributed by atoms with van der Waals surface area (Å²) in [6.07, 6.45) is 23.2. The van der Waals surface area contributed by atoms with E-state index in [4.69, 9.17) is 29.0 Å². The lowest BCUT2D eigenvalue weighted by Gasteiger charge is -2.40. The van der Waals surface area contributed by atoms with Gasteiger partial charge >= 0.3 is 33.3 Å². The number of carbonyl (C=O) groups is 2. The fourth-order valence-corrected chi connectivity index (χ4v) is 10.1. The van der Waals surface area contributed by atoms with Crippen LogP contribution in [0.3, 0.4) is 0 Å². The Balaban J connectivity index is 1.73. The van der Waals surface area contributed by atoms with Gasteiger partial charge in [-0.05, 0) is 70.3 Å². The molecule has 2 bridgehead atoms. The fraction of sp³-hybridized carbons (Fsp3) is 0.615. The summed E-state index contributed by atoms with van der Waals surface area (Å²) in [5.74, 6) is -4.48. The number of hydrogen-bond acceptors (Lipinski definition) is 18. The monoisotopic (exact) mass is 1100 g/mol. The number of cyclic esters (lactones) is 1. The standard InChI is InChI=1S/C52H81N3O18P2/c1-3-5-7-8-9-10-11-12-13-14-15-16-17-18-19-20-21-22-24-29-47(59)68-36-40-37-69-74(64,65)73-75(66,67)70-38-45-50(62)49(61)41(32-31-39(56)27-23-6-4-2)43(57)35-44(58)42(28-25-26-30-48(60)71-40)51(72-45)55-34-33-46(53)54-52(55)63/h5,7,9-10,12-13,15-16,18-19,25-26,31-34,39-45,49-51,56-58,61-62H,3-4,6,8,11,14,17,20-24,27-30,35-38H2,1-2H3,(H,64,65)(H,66,67)(H2,53,54,63)/b7-5-,10-9-,13-12-,16-15-,19-18-,26-25-,32-31?/t39-,40-,41+,42-,43-,44+,45-,49+,50-,51-/m1/s1. The first-order valence-electron chi connectivity index (χ1n) is 25.9. The molecule has 0 aromatic carbocycles. The van der Waals surface area contributed by atoms with Crippen LogP contribution in [0, 0.1) is 11.8 Å². The molecule has 12 atom stereocenters. The lowest BCUT2D eigenvalue weighted by atomic mass is 9.82. The van der Waals surface area contributed by atoms with E-state index in [1.165, 1.54) is 30.4 Å². The Morgan fingerprint density at radius 2 is 1.48 bits per heavy atom. The van der Waals surface area contributed by atoms with E-state index < -0.39 is 127 Å². The second-order valence-electron chi connectivity index (χ2n) is 18.3. The molecule has 2 aliphatic rings. The molecule has 75 heavy (non-hydrogen) atoms. The third kappa shape index (κ3) is 26.6. The van der Waals surface area contributed by atoms with E-state index in [-0.39, 0.29) is 18.7 Å². The molecule has 3 rings (SSSR count). The SMILES string of the molecule is CC/C=C\C/C=C\C/C=C\C/C=C\C/C=C\CCCCCC(=O)OC[C@@H]1COP(=O)(O)OP(=O)(O)OC[C@H]2O[C@@H](n3ccc(N)nc3=O)[C@H](C/C=C\CC(=O)O1)[C@@H](O)C[C@@H](O)[C@H](C=C[C@H](O)CCCCC)[C@H](O)[C@@H]2O. The van der Waals surface area contributed by atoms with E-state index in [9.17, 15) is 58.8 Å². The first kappa shape index (κ1) is 65.1. The molecule has 2 unspecified atom stereocenters. The number of anilines is 1. The van der Waals surface area contributed by atoms with Gasteiger partial charge in [-0.15, -0.1) is 0 Å². The molecular weight excluding hydrogens is 1020 g/mol. The highest BCUT2D eigenvalue weighted by molar-refractivity contribution is 7.61. The number of aromatic nitrogens is 2. The molecule has 0 aliphatic carbocycles. The van der Waals surface area contributed by atoms with Gasteiger partial charge in [-0.25, -0.2) is 13.9 Å². The van der Waals surface area contributed by atoms with Gasteiger partial charge in [0.1, 0.15) is 30.9 Å². The van der Waals surface area contributed by atoms with Crippen LogP contribution in [0.1, 0.15) is 129 Å². The summed E-state index contributed by atoms with van der Waals surface area (Å²) in [5.41, 5.74) is 4.73. The van der Waals surface area contributed by atoms with Gasteiger partial charge in [0.15, 0.2) is 6.10 Å². The quantitative estimate of drug-likeness (QED) is 0.0223. The van der Waals surface area contributed by atoms with Crippen molar-refractivity contribution < 1.29 is 81.6 Å². The molecule has 0 spiro atoms. The van der Waals surface area contributed by atoms with Crippen LogP contribution in [0.4, 0.5) is 5.82 Å².